The second-order valence-corrected chi connectivity index (χ2v) is 4.85. The molecule has 0 aromatic heterocycles. The molecule has 0 aromatic carbocycles. The molecule has 0 saturated heterocycles. The number of halogens is 1. The molecule has 1 heteroatoms. The van der Waals surface area contributed by atoms with E-state index in [1.165, 1.54) is 38.5 Å². The van der Waals surface area contributed by atoms with E-state index in [9.17, 15) is 0 Å². The van der Waals surface area contributed by atoms with Crippen LogP contribution in [0.1, 0.15) is 38.5 Å². The zero-order valence-corrected chi connectivity index (χ0v) is 8.36. The number of hydrogen-bond acceptors (Lipinski definition) is 0. The molecule has 1 unspecified atom stereocenters. The van der Waals surface area contributed by atoms with Gasteiger partial charge in [-0.05, 0) is 38.5 Å². The Kier molecular flexibility index (Phi) is 2.03. The Hall–Kier alpha value is 0.470. The largest absolute Gasteiger partial charge is 0.0778 e. The summed E-state index contributed by atoms with van der Waals surface area (Å²) in [7, 11) is 0. The molecule has 0 spiro atoms. The summed E-state index contributed by atoms with van der Waals surface area (Å²) in [4.78, 5) is 0. The van der Waals surface area contributed by atoms with Crippen LogP contribution in [0.15, 0.2) is 11.1 Å². The van der Waals surface area contributed by atoms with Gasteiger partial charge in [0.15, 0.2) is 0 Å². The Labute approximate surface area is 76.2 Å². The lowest BCUT2D eigenvalue weighted by molar-refractivity contribution is 0.675. The fourth-order valence-electron chi connectivity index (χ4n) is 2.13. The van der Waals surface area contributed by atoms with Gasteiger partial charge in [-0.3, -0.25) is 0 Å². The van der Waals surface area contributed by atoms with E-state index < -0.39 is 0 Å². The minimum Gasteiger partial charge on any atom is -0.0778 e. The van der Waals surface area contributed by atoms with Crippen LogP contribution in [-0.2, 0) is 0 Å². The molecule has 0 saturated carbocycles. The van der Waals surface area contributed by atoms with E-state index in [1.54, 1.807) is 0 Å². The van der Waals surface area contributed by atoms with Crippen molar-refractivity contribution < 1.29 is 0 Å². The highest BCUT2D eigenvalue weighted by molar-refractivity contribution is 14.1. The molecule has 1 atom stereocenters. The van der Waals surface area contributed by atoms with Crippen LogP contribution < -0.4 is 0 Å². The lowest BCUT2D eigenvalue weighted by Crippen LogP contribution is -2.00. The van der Waals surface area contributed by atoms with Crippen LogP contribution in [0.25, 0.3) is 0 Å². The molecule has 0 bridgehead atoms. The highest BCUT2D eigenvalue weighted by Crippen LogP contribution is 2.40. The molecule has 0 radical (unpaired) electrons. The van der Waals surface area contributed by atoms with Crippen LogP contribution in [0, 0.1) is 0 Å². The van der Waals surface area contributed by atoms with Crippen LogP contribution in [0.4, 0.5) is 0 Å². The van der Waals surface area contributed by atoms with Gasteiger partial charge in [-0.2, -0.15) is 0 Å². The zero-order chi connectivity index (χ0) is 6.97. The number of hydrogen-bond donors (Lipinski definition) is 0. The molecular weight excluding hydrogens is 235 g/mol. The van der Waals surface area contributed by atoms with Crippen molar-refractivity contribution in [1.82, 2.24) is 0 Å². The predicted octanol–water partition coefficient (Wildman–Crippen LogP) is 3.45. The molecule has 0 nitrogen and oxygen atoms in total. The molecule has 0 amide bonds. The summed E-state index contributed by atoms with van der Waals surface area (Å²) < 4.78 is 0.910. The monoisotopic (exact) mass is 248 g/mol. The van der Waals surface area contributed by atoms with Crippen molar-refractivity contribution in [1.29, 1.82) is 0 Å². The van der Waals surface area contributed by atoms with E-state index >= 15 is 0 Å². The molecule has 2 aliphatic rings. The average Bonchev–Trinajstić information content (AvgIpc) is 2.34. The maximum atomic E-state index is 2.61. The van der Waals surface area contributed by atoms with E-state index in [0.29, 0.717) is 0 Å². The topological polar surface area (TPSA) is 0 Å². The van der Waals surface area contributed by atoms with Crippen LogP contribution in [-0.4, -0.2) is 3.92 Å². The maximum Gasteiger partial charge on any atom is 0.0324 e. The molecule has 0 aliphatic heterocycles. The van der Waals surface area contributed by atoms with Crippen LogP contribution in [0.5, 0.6) is 0 Å². The maximum absolute atomic E-state index is 2.61. The smallest absolute Gasteiger partial charge is 0.0324 e. The Morgan fingerprint density at radius 2 is 1.90 bits per heavy atom. The van der Waals surface area contributed by atoms with E-state index in [1.807, 2.05) is 11.1 Å². The molecule has 2 aliphatic carbocycles. The van der Waals surface area contributed by atoms with Crippen LogP contribution >= 0.6 is 22.6 Å². The molecule has 0 aromatic rings. The molecule has 0 fully saturated rings. The van der Waals surface area contributed by atoms with E-state index in [0.717, 1.165) is 3.92 Å². The van der Waals surface area contributed by atoms with E-state index in [-0.39, 0.29) is 0 Å². The van der Waals surface area contributed by atoms with Gasteiger partial charge in [-0.15, -0.1) is 0 Å². The molecule has 10 heavy (non-hydrogen) atoms. The summed E-state index contributed by atoms with van der Waals surface area (Å²) >= 11 is 2.61. The summed E-state index contributed by atoms with van der Waals surface area (Å²) in [5.74, 6) is 0. The highest BCUT2D eigenvalue weighted by atomic mass is 127. The first-order valence-electron chi connectivity index (χ1n) is 4.23. The van der Waals surface area contributed by atoms with Crippen molar-refractivity contribution in [3.8, 4) is 0 Å². The zero-order valence-electron chi connectivity index (χ0n) is 6.20. The standard InChI is InChI=1S/C9H13I/c10-9-6-5-7-3-1-2-4-8(7)9/h9H,1-6H2. The van der Waals surface area contributed by atoms with Gasteiger partial charge in [0.2, 0.25) is 0 Å². The summed E-state index contributed by atoms with van der Waals surface area (Å²) in [5, 5.41) is 0. The molecular formula is C9H13I. The Balaban J connectivity index is 2.20. The van der Waals surface area contributed by atoms with Crippen LogP contribution in [0.3, 0.4) is 0 Å². The van der Waals surface area contributed by atoms with Crippen molar-refractivity contribution >= 4 is 22.6 Å². The first-order chi connectivity index (χ1) is 4.88. The Morgan fingerprint density at radius 1 is 1.10 bits per heavy atom. The number of alkyl halides is 1. The average molecular weight is 248 g/mol. The summed E-state index contributed by atoms with van der Waals surface area (Å²) in [6.45, 7) is 0. The first-order valence-corrected chi connectivity index (χ1v) is 5.47. The Morgan fingerprint density at radius 3 is 2.70 bits per heavy atom. The van der Waals surface area contributed by atoms with Crippen molar-refractivity contribution in [2.75, 3.05) is 0 Å². The number of allylic oxidation sites excluding steroid dienone is 2. The van der Waals surface area contributed by atoms with Gasteiger partial charge in [-0.1, -0.05) is 33.7 Å². The second-order valence-electron chi connectivity index (χ2n) is 3.34. The number of rotatable bonds is 0. The second kappa shape index (κ2) is 2.84. The van der Waals surface area contributed by atoms with Crippen molar-refractivity contribution in [3.63, 3.8) is 0 Å². The third kappa shape index (κ3) is 1.13. The quantitative estimate of drug-likeness (QED) is 0.350. The molecule has 0 heterocycles. The Bertz CT molecular complexity index is 170. The van der Waals surface area contributed by atoms with Crippen molar-refractivity contribution in [3.05, 3.63) is 11.1 Å². The van der Waals surface area contributed by atoms with E-state index in [2.05, 4.69) is 22.6 Å². The van der Waals surface area contributed by atoms with Crippen molar-refractivity contribution in [2.24, 2.45) is 0 Å². The fourth-order valence-corrected chi connectivity index (χ4v) is 3.19. The van der Waals surface area contributed by atoms with Gasteiger partial charge in [-0.25, -0.2) is 0 Å². The van der Waals surface area contributed by atoms with Gasteiger partial charge >= 0.3 is 0 Å². The van der Waals surface area contributed by atoms with Gasteiger partial charge < -0.3 is 0 Å². The fraction of sp³-hybridized carbons (Fsp3) is 0.778. The lowest BCUT2D eigenvalue weighted by Gasteiger charge is -2.15. The van der Waals surface area contributed by atoms with Crippen LogP contribution in [0.2, 0.25) is 0 Å². The van der Waals surface area contributed by atoms with Gasteiger partial charge in [0, 0.05) is 3.92 Å². The van der Waals surface area contributed by atoms with Gasteiger partial charge in [0.1, 0.15) is 0 Å². The minimum atomic E-state index is 0.910. The predicted molar refractivity (Wildman–Crippen MR) is 52.5 cm³/mol. The SMILES string of the molecule is IC1CCC2=C1CCCC2. The van der Waals surface area contributed by atoms with Crippen molar-refractivity contribution in [2.45, 2.75) is 42.4 Å². The third-order valence-corrected chi connectivity index (χ3v) is 4.08. The first kappa shape index (κ1) is 7.14. The third-order valence-electron chi connectivity index (χ3n) is 2.71. The molecule has 0 N–H and O–H groups in total. The molecule has 2 rings (SSSR count). The normalized spacial score (nSPS) is 32.7. The summed E-state index contributed by atoms with van der Waals surface area (Å²) in [6.07, 6.45) is 8.62. The van der Waals surface area contributed by atoms with Gasteiger partial charge in [0.05, 0.1) is 0 Å². The summed E-state index contributed by atoms with van der Waals surface area (Å²) in [5.41, 5.74) is 3.65. The molecule has 56 valence electrons. The minimum absolute atomic E-state index is 0.910. The lowest BCUT2D eigenvalue weighted by atomic mass is 9.94. The van der Waals surface area contributed by atoms with Gasteiger partial charge in [0.25, 0.3) is 0 Å². The van der Waals surface area contributed by atoms with E-state index in [4.69, 9.17) is 0 Å². The summed E-state index contributed by atoms with van der Waals surface area (Å²) in [6, 6.07) is 0. The highest BCUT2D eigenvalue weighted by Gasteiger charge is 2.24.